The highest BCUT2D eigenvalue weighted by Gasteiger charge is 2.12. The van der Waals surface area contributed by atoms with E-state index in [1.165, 1.54) is 0 Å². The molecule has 138 valence electrons. The lowest BCUT2D eigenvalue weighted by Gasteiger charge is -2.10. The molecule has 0 bridgehead atoms. The van der Waals surface area contributed by atoms with E-state index in [0.717, 1.165) is 17.1 Å². The minimum Gasteiger partial charge on any atom is -0.355 e. The average Bonchev–Trinajstić information content (AvgIpc) is 3.01. The van der Waals surface area contributed by atoms with Crippen LogP contribution in [0.15, 0.2) is 48.5 Å². The molecule has 3 aromatic rings. The van der Waals surface area contributed by atoms with Gasteiger partial charge < -0.3 is 10.6 Å². The van der Waals surface area contributed by atoms with E-state index in [1.54, 1.807) is 37.4 Å². The number of aromatic nitrogens is 2. The maximum absolute atomic E-state index is 12.5. The Kier molecular flexibility index (Phi) is 5.28. The standard InChI is InChI=1S/C20H19ClN4O2/c1-12-10-13(2)25(24-12)16-7-4-14(5-8-16)20(27)23-18-11-15(19(26)22-3)6-9-17(18)21/h4-11H,1-3H3,(H,22,26)(H,23,27). The highest BCUT2D eigenvalue weighted by atomic mass is 35.5. The van der Waals surface area contributed by atoms with Crippen molar-refractivity contribution in [1.82, 2.24) is 15.1 Å². The van der Waals surface area contributed by atoms with E-state index < -0.39 is 0 Å². The minimum atomic E-state index is -0.314. The Hall–Kier alpha value is -3.12. The molecular weight excluding hydrogens is 364 g/mol. The Morgan fingerprint density at radius 3 is 2.22 bits per heavy atom. The minimum absolute atomic E-state index is 0.253. The van der Waals surface area contributed by atoms with Crippen LogP contribution in [-0.2, 0) is 0 Å². The van der Waals surface area contributed by atoms with Gasteiger partial charge in [-0.15, -0.1) is 0 Å². The molecule has 2 N–H and O–H groups in total. The van der Waals surface area contributed by atoms with Gasteiger partial charge in [0.15, 0.2) is 0 Å². The number of halogens is 1. The van der Waals surface area contributed by atoms with Gasteiger partial charge in [0.05, 0.1) is 22.1 Å². The summed E-state index contributed by atoms with van der Waals surface area (Å²) in [7, 11) is 1.54. The number of carbonyl (C=O) groups is 2. The highest BCUT2D eigenvalue weighted by molar-refractivity contribution is 6.34. The van der Waals surface area contributed by atoms with E-state index in [-0.39, 0.29) is 11.8 Å². The lowest BCUT2D eigenvalue weighted by atomic mass is 10.1. The number of anilines is 1. The first-order valence-corrected chi connectivity index (χ1v) is 8.73. The van der Waals surface area contributed by atoms with Crippen molar-refractivity contribution < 1.29 is 9.59 Å². The molecule has 1 aromatic heterocycles. The van der Waals surface area contributed by atoms with Crippen molar-refractivity contribution >= 4 is 29.1 Å². The molecular formula is C20H19ClN4O2. The van der Waals surface area contributed by atoms with E-state index in [0.29, 0.717) is 21.8 Å². The SMILES string of the molecule is CNC(=O)c1ccc(Cl)c(NC(=O)c2ccc(-n3nc(C)cc3C)cc2)c1. The van der Waals surface area contributed by atoms with Crippen LogP contribution in [0.3, 0.4) is 0 Å². The fraction of sp³-hybridized carbons (Fsp3) is 0.150. The van der Waals surface area contributed by atoms with Gasteiger partial charge in [-0.1, -0.05) is 11.6 Å². The molecule has 0 aliphatic rings. The maximum Gasteiger partial charge on any atom is 0.255 e. The molecule has 6 nitrogen and oxygen atoms in total. The zero-order valence-corrected chi connectivity index (χ0v) is 16.0. The van der Waals surface area contributed by atoms with Gasteiger partial charge in [0, 0.05) is 23.9 Å². The Balaban J connectivity index is 1.81. The summed E-state index contributed by atoms with van der Waals surface area (Å²) in [5.41, 5.74) is 4.09. The largest absolute Gasteiger partial charge is 0.355 e. The van der Waals surface area contributed by atoms with Crippen molar-refractivity contribution in [2.75, 3.05) is 12.4 Å². The van der Waals surface area contributed by atoms with Crippen LogP contribution in [0.5, 0.6) is 0 Å². The monoisotopic (exact) mass is 382 g/mol. The molecule has 1 heterocycles. The molecule has 0 unspecified atom stereocenters. The summed E-state index contributed by atoms with van der Waals surface area (Å²) in [6, 6.07) is 13.8. The summed E-state index contributed by atoms with van der Waals surface area (Å²) in [5, 5.41) is 10.1. The zero-order valence-electron chi connectivity index (χ0n) is 15.2. The first-order chi connectivity index (χ1) is 12.9. The third kappa shape index (κ3) is 4.01. The molecule has 2 aromatic carbocycles. The van der Waals surface area contributed by atoms with Gasteiger partial charge in [-0.05, 0) is 62.4 Å². The maximum atomic E-state index is 12.5. The molecule has 0 aliphatic heterocycles. The van der Waals surface area contributed by atoms with Gasteiger partial charge in [-0.25, -0.2) is 4.68 Å². The van der Waals surface area contributed by atoms with Gasteiger partial charge >= 0.3 is 0 Å². The van der Waals surface area contributed by atoms with Crippen LogP contribution in [0.25, 0.3) is 5.69 Å². The molecule has 3 rings (SSSR count). The molecule has 0 radical (unpaired) electrons. The van der Waals surface area contributed by atoms with E-state index in [9.17, 15) is 9.59 Å². The van der Waals surface area contributed by atoms with E-state index in [4.69, 9.17) is 11.6 Å². The highest BCUT2D eigenvalue weighted by Crippen LogP contribution is 2.24. The van der Waals surface area contributed by atoms with Crippen LogP contribution in [0.1, 0.15) is 32.1 Å². The summed E-state index contributed by atoms with van der Waals surface area (Å²) in [4.78, 5) is 24.3. The molecule has 0 saturated carbocycles. The number of hydrogen-bond acceptors (Lipinski definition) is 3. The molecule has 0 fully saturated rings. The third-order valence-electron chi connectivity index (χ3n) is 4.09. The molecule has 0 saturated heterocycles. The summed E-state index contributed by atoms with van der Waals surface area (Å²) in [5.74, 6) is -0.567. The summed E-state index contributed by atoms with van der Waals surface area (Å²) >= 11 is 6.14. The Bertz CT molecular complexity index is 1010. The molecule has 0 spiro atoms. The summed E-state index contributed by atoms with van der Waals surface area (Å²) < 4.78 is 1.82. The van der Waals surface area contributed by atoms with Gasteiger partial charge in [0.2, 0.25) is 0 Å². The predicted octanol–water partition coefficient (Wildman–Crippen LogP) is 3.75. The van der Waals surface area contributed by atoms with Crippen molar-refractivity contribution in [3.63, 3.8) is 0 Å². The zero-order chi connectivity index (χ0) is 19.6. The van der Waals surface area contributed by atoms with Crippen molar-refractivity contribution in [2.24, 2.45) is 0 Å². The molecule has 0 aliphatic carbocycles. The second kappa shape index (κ2) is 7.63. The van der Waals surface area contributed by atoms with Gasteiger partial charge in [0.25, 0.3) is 11.8 Å². The first-order valence-electron chi connectivity index (χ1n) is 8.35. The third-order valence-corrected chi connectivity index (χ3v) is 4.42. The van der Waals surface area contributed by atoms with Crippen LogP contribution in [0.2, 0.25) is 5.02 Å². The molecule has 2 amide bonds. The average molecular weight is 383 g/mol. The second-order valence-corrected chi connectivity index (χ2v) is 6.52. The number of hydrogen-bond donors (Lipinski definition) is 2. The molecule has 0 atom stereocenters. The molecule has 27 heavy (non-hydrogen) atoms. The van der Waals surface area contributed by atoms with Crippen molar-refractivity contribution in [2.45, 2.75) is 13.8 Å². The van der Waals surface area contributed by atoms with Crippen molar-refractivity contribution in [3.8, 4) is 5.69 Å². The Labute approximate surface area is 162 Å². The number of benzene rings is 2. The topological polar surface area (TPSA) is 76.0 Å². The van der Waals surface area contributed by atoms with E-state index in [2.05, 4.69) is 15.7 Å². The quantitative estimate of drug-likeness (QED) is 0.721. The predicted molar refractivity (Wildman–Crippen MR) is 106 cm³/mol. The smallest absolute Gasteiger partial charge is 0.255 e. The number of aryl methyl sites for hydroxylation is 2. The lowest BCUT2D eigenvalue weighted by Crippen LogP contribution is -2.18. The van der Waals surface area contributed by atoms with Crippen LogP contribution in [0, 0.1) is 13.8 Å². The lowest BCUT2D eigenvalue weighted by molar-refractivity contribution is 0.0961. The summed E-state index contributed by atoms with van der Waals surface area (Å²) in [6.45, 7) is 3.91. The van der Waals surface area contributed by atoms with Crippen LogP contribution in [0.4, 0.5) is 5.69 Å². The number of nitrogens with one attached hydrogen (secondary N) is 2. The van der Waals surface area contributed by atoms with Crippen LogP contribution in [-0.4, -0.2) is 28.6 Å². The van der Waals surface area contributed by atoms with Crippen molar-refractivity contribution in [1.29, 1.82) is 0 Å². The second-order valence-electron chi connectivity index (χ2n) is 6.11. The van der Waals surface area contributed by atoms with E-state index in [1.807, 2.05) is 36.7 Å². The normalized spacial score (nSPS) is 10.5. The number of rotatable bonds is 4. The van der Waals surface area contributed by atoms with Gasteiger partial charge in [0.1, 0.15) is 0 Å². The fourth-order valence-electron chi connectivity index (χ4n) is 2.75. The van der Waals surface area contributed by atoms with Gasteiger partial charge in [-0.2, -0.15) is 5.10 Å². The van der Waals surface area contributed by atoms with E-state index >= 15 is 0 Å². The van der Waals surface area contributed by atoms with Gasteiger partial charge in [-0.3, -0.25) is 9.59 Å². The number of amides is 2. The Morgan fingerprint density at radius 2 is 1.63 bits per heavy atom. The Morgan fingerprint density at radius 1 is 0.963 bits per heavy atom. The summed E-state index contributed by atoms with van der Waals surface area (Å²) in [6.07, 6.45) is 0. The van der Waals surface area contributed by atoms with Crippen LogP contribution < -0.4 is 10.6 Å². The first kappa shape index (κ1) is 18.7. The van der Waals surface area contributed by atoms with Crippen LogP contribution >= 0.6 is 11.6 Å². The number of carbonyl (C=O) groups excluding carboxylic acids is 2. The fourth-order valence-corrected chi connectivity index (χ4v) is 2.91. The van der Waals surface area contributed by atoms with Crippen molar-refractivity contribution in [3.05, 3.63) is 76.1 Å². The molecule has 7 heteroatoms. The number of nitrogens with zero attached hydrogens (tertiary/aromatic N) is 2.